The molecule has 3 heterocycles. The number of carbonyl (C=O) groups is 2. The van der Waals surface area contributed by atoms with Crippen molar-refractivity contribution in [3.05, 3.63) is 18.3 Å². The number of rotatable bonds is 7. The van der Waals surface area contributed by atoms with Crippen LogP contribution in [0.5, 0.6) is 0 Å². The molecule has 1 aromatic rings. The summed E-state index contributed by atoms with van der Waals surface area (Å²) in [5, 5.41) is 3.84. The van der Waals surface area contributed by atoms with Crippen molar-refractivity contribution in [1.29, 1.82) is 0 Å². The van der Waals surface area contributed by atoms with E-state index in [1.807, 2.05) is 12.1 Å². The molecule has 7 nitrogen and oxygen atoms in total. The van der Waals surface area contributed by atoms with Crippen LogP contribution in [0.1, 0.15) is 12.8 Å². The van der Waals surface area contributed by atoms with E-state index < -0.39 is 0 Å². The monoisotopic (exact) mass is 364 g/mol. The van der Waals surface area contributed by atoms with Crippen LogP contribution in [0.2, 0.25) is 0 Å². The van der Waals surface area contributed by atoms with Gasteiger partial charge in [0, 0.05) is 45.3 Å². The predicted octanol–water partition coefficient (Wildman–Crippen LogP) is 0.749. The van der Waals surface area contributed by atoms with E-state index in [9.17, 15) is 9.59 Å². The number of aromatic nitrogens is 1. The molecule has 2 amide bonds. The van der Waals surface area contributed by atoms with Crippen molar-refractivity contribution in [2.24, 2.45) is 0 Å². The summed E-state index contributed by atoms with van der Waals surface area (Å²) in [4.78, 5) is 32.5. The number of morpholine rings is 1. The molecule has 2 aliphatic rings. The second-order valence-corrected chi connectivity index (χ2v) is 7.03. The van der Waals surface area contributed by atoms with Crippen molar-refractivity contribution >= 4 is 29.3 Å². The van der Waals surface area contributed by atoms with Gasteiger partial charge in [0.05, 0.1) is 24.7 Å². The second-order valence-electron chi connectivity index (χ2n) is 6.07. The zero-order valence-electron chi connectivity index (χ0n) is 14.3. The van der Waals surface area contributed by atoms with Crippen molar-refractivity contribution in [2.75, 3.05) is 56.6 Å². The summed E-state index contributed by atoms with van der Waals surface area (Å²) in [6.07, 6.45) is 2.81. The quantitative estimate of drug-likeness (QED) is 0.770. The van der Waals surface area contributed by atoms with E-state index in [4.69, 9.17) is 4.74 Å². The van der Waals surface area contributed by atoms with Gasteiger partial charge in [0.2, 0.25) is 11.8 Å². The Morgan fingerprint density at radius 2 is 2.16 bits per heavy atom. The van der Waals surface area contributed by atoms with E-state index >= 15 is 0 Å². The molecule has 25 heavy (non-hydrogen) atoms. The number of anilines is 1. The third kappa shape index (κ3) is 5.17. The largest absolute Gasteiger partial charge is 0.379 e. The van der Waals surface area contributed by atoms with E-state index in [2.05, 4.69) is 15.2 Å². The normalized spacial score (nSPS) is 18.1. The summed E-state index contributed by atoms with van der Waals surface area (Å²) in [6.45, 7) is 5.46. The molecule has 1 aromatic heterocycles. The van der Waals surface area contributed by atoms with Gasteiger partial charge in [0.15, 0.2) is 0 Å². The molecular weight excluding hydrogens is 340 g/mol. The van der Waals surface area contributed by atoms with Gasteiger partial charge in [-0.25, -0.2) is 4.98 Å². The second kappa shape index (κ2) is 9.17. The molecule has 0 saturated carbocycles. The summed E-state index contributed by atoms with van der Waals surface area (Å²) in [7, 11) is 0. The first-order chi connectivity index (χ1) is 12.2. The first-order valence-corrected chi connectivity index (χ1v) is 9.67. The standard InChI is InChI=1S/C17H24N4O3S/c22-15(18-6-8-20-9-11-24-12-10-20)4-2-7-21-14-3-1-5-19-17(14)25-13-16(21)23/h1,3,5H,2,4,6-13H2,(H,18,22). The lowest BCUT2D eigenvalue weighted by Crippen LogP contribution is -2.41. The summed E-state index contributed by atoms with van der Waals surface area (Å²) < 4.78 is 5.30. The maximum absolute atomic E-state index is 12.1. The summed E-state index contributed by atoms with van der Waals surface area (Å²) in [5.74, 6) is 0.534. The molecule has 1 saturated heterocycles. The fourth-order valence-corrected chi connectivity index (χ4v) is 3.83. The van der Waals surface area contributed by atoms with Crippen LogP contribution < -0.4 is 10.2 Å². The number of hydrogen-bond donors (Lipinski definition) is 1. The average molecular weight is 364 g/mol. The lowest BCUT2D eigenvalue weighted by Gasteiger charge is -2.28. The Labute approximate surface area is 152 Å². The minimum atomic E-state index is 0.0403. The van der Waals surface area contributed by atoms with Gasteiger partial charge in [-0.1, -0.05) is 11.8 Å². The van der Waals surface area contributed by atoms with Crippen LogP contribution in [-0.4, -0.2) is 73.4 Å². The molecule has 8 heteroatoms. The zero-order chi connectivity index (χ0) is 17.5. The molecular formula is C17H24N4O3S. The lowest BCUT2D eigenvalue weighted by molar-refractivity contribution is -0.121. The number of nitrogens with one attached hydrogen (secondary N) is 1. The van der Waals surface area contributed by atoms with E-state index in [0.717, 1.165) is 43.6 Å². The van der Waals surface area contributed by atoms with Crippen molar-refractivity contribution in [3.63, 3.8) is 0 Å². The molecule has 136 valence electrons. The molecule has 0 radical (unpaired) electrons. The number of fused-ring (bicyclic) bond motifs is 1. The van der Waals surface area contributed by atoms with Gasteiger partial charge in [-0.2, -0.15) is 0 Å². The highest BCUT2D eigenvalue weighted by Gasteiger charge is 2.25. The van der Waals surface area contributed by atoms with E-state index in [-0.39, 0.29) is 11.8 Å². The summed E-state index contributed by atoms with van der Waals surface area (Å²) in [5.41, 5.74) is 0.858. The van der Waals surface area contributed by atoms with Crippen LogP contribution in [0.3, 0.4) is 0 Å². The Morgan fingerprint density at radius 3 is 3.00 bits per heavy atom. The van der Waals surface area contributed by atoms with Crippen LogP contribution >= 0.6 is 11.8 Å². The Hall–Kier alpha value is -1.64. The average Bonchev–Trinajstić information content (AvgIpc) is 2.64. The molecule has 0 aliphatic carbocycles. The molecule has 0 bridgehead atoms. The van der Waals surface area contributed by atoms with Crippen molar-refractivity contribution in [1.82, 2.24) is 15.2 Å². The molecule has 3 rings (SSSR count). The van der Waals surface area contributed by atoms with Gasteiger partial charge in [0.25, 0.3) is 0 Å². The van der Waals surface area contributed by atoms with E-state index in [1.54, 1.807) is 11.1 Å². The fraction of sp³-hybridized carbons (Fsp3) is 0.588. The molecule has 1 fully saturated rings. The van der Waals surface area contributed by atoms with E-state index in [1.165, 1.54) is 11.8 Å². The van der Waals surface area contributed by atoms with Crippen LogP contribution in [0, 0.1) is 0 Å². The molecule has 0 spiro atoms. The Morgan fingerprint density at radius 1 is 1.32 bits per heavy atom. The van der Waals surface area contributed by atoms with Gasteiger partial charge in [-0.05, 0) is 18.6 Å². The SMILES string of the molecule is O=C(CCCN1C(=O)CSc2ncccc21)NCCN1CCOCC1. The van der Waals surface area contributed by atoms with Crippen molar-refractivity contribution in [3.8, 4) is 0 Å². The third-order valence-electron chi connectivity index (χ3n) is 4.31. The number of ether oxygens (including phenoxy) is 1. The maximum Gasteiger partial charge on any atom is 0.237 e. The third-order valence-corrected chi connectivity index (χ3v) is 5.29. The maximum atomic E-state index is 12.1. The van der Waals surface area contributed by atoms with Gasteiger partial charge in [-0.3, -0.25) is 14.5 Å². The van der Waals surface area contributed by atoms with E-state index in [0.29, 0.717) is 31.7 Å². The topological polar surface area (TPSA) is 74.8 Å². The van der Waals surface area contributed by atoms with Crippen LogP contribution in [0.15, 0.2) is 23.4 Å². The highest BCUT2D eigenvalue weighted by Crippen LogP contribution is 2.33. The van der Waals surface area contributed by atoms with Crippen LogP contribution in [0.4, 0.5) is 5.69 Å². The molecule has 0 atom stereocenters. The van der Waals surface area contributed by atoms with Gasteiger partial charge < -0.3 is 15.0 Å². The number of pyridine rings is 1. The molecule has 2 aliphatic heterocycles. The minimum absolute atomic E-state index is 0.0403. The van der Waals surface area contributed by atoms with Crippen LogP contribution in [-0.2, 0) is 14.3 Å². The highest BCUT2D eigenvalue weighted by atomic mass is 32.2. The number of carbonyl (C=O) groups excluding carboxylic acids is 2. The molecule has 0 aromatic carbocycles. The first kappa shape index (κ1) is 18.2. The number of amides is 2. The fourth-order valence-electron chi connectivity index (χ4n) is 2.95. The number of hydrogen-bond acceptors (Lipinski definition) is 6. The Kier molecular flexibility index (Phi) is 6.66. The van der Waals surface area contributed by atoms with Crippen molar-refractivity contribution in [2.45, 2.75) is 17.9 Å². The van der Waals surface area contributed by atoms with Crippen LogP contribution in [0.25, 0.3) is 0 Å². The van der Waals surface area contributed by atoms with Gasteiger partial charge in [0.1, 0.15) is 5.03 Å². The number of thioether (sulfide) groups is 1. The van der Waals surface area contributed by atoms with Gasteiger partial charge >= 0.3 is 0 Å². The predicted molar refractivity (Wildman–Crippen MR) is 96.8 cm³/mol. The molecule has 1 N–H and O–H groups in total. The van der Waals surface area contributed by atoms with Gasteiger partial charge in [-0.15, -0.1) is 0 Å². The first-order valence-electron chi connectivity index (χ1n) is 8.69. The lowest BCUT2D eigenvalue weighted by atomic mass is 10.2. The smallest absolute Gasteiger partial charge is 0.237 e. The summed E-state index contributed by atoms with van der Waals surface area (Å²) in [6, 6.07) is 3.75. The minimum Gasteiger partial charge on any atom is -0.379 e. The Balaban J connectivity index is 1.37. The molecule has 0 unspecified atom stereocenters. The zero-order valence-corrected chi connectivity index (χ0v) is 15.1. The van der Waals surface area contributed by atoms with Crippen molar-refractivity contribution < 1.29 is 14.3 Å². The highest BCUT2D eigenvalue weighted by molar-refractivity contribution is 8.00. The number of nitrogens with zero attached hydrogens (tertiary/aromatic N) is 3. The summed E-state index contributed by atoms with van der Waals surface area (Å²) >= 11 is 1.47. The Bertz CT molecular complexity index is 607.